The number of cyclic esters (lactones) is 2. The van der Waals surface area contributed by atoms with Crippen molar-refractivity contribution in [2.24, 2.45) is 11.8 Å². The standard InChI is InChI=1S/C9H12O3/c1-6(2)5-7-3-4-8(10)12-9(7)11/h3-4,6-7H,5H2,1-2H3. The zero-order valence-corrected chi connectivity index (χ0v) is 7.24. The molecule has 0 radical (unpaired) electrons. The first kappa shape index (κ1) is 8.97. The molecule has 1 atom stereocenters. The predicted molar refractivity (Wildman–Crippen MR) is 43.2 cm³/mol. The van der Waals surface area contributed by atoms with Crippen LogP contribution in [0.25, 0.3) is 0 Å². The minimum Gasteiger partial charge on any atom is -0.389 e. The van der Waals surface area contributed by atoms with Crippen LogP contribution in [0.5, 0.6) is 0 Å². The summed E-state index contributed by atoms with van der Waals surface area (Å²) in [4.78, 5) is 21.6. The molecule has 0 aromatic carbocycles. The van der Waals surface area contributed by atoms with Crippen LogP contribution in [-0.4, -0.2) is 11.9 Å². The van der Waals surface area contributed by atoms with E-state index in [0.29, 0.717) is 5.92 Å². The summed E-state index contributed by atoms with van der Waals surface area (Å²) < 4.78 is 4.44. The molecule has 1 aliphatic heterocycles. The van der Waals surface area contributed by atoms with Crippen molar-refractivity contribution < 1.29 is 14.3 Å². The number of carbonyl (C=O) groups excluding carboxylic acids is 2. The smallest absolute Gasteiger partial charge is 0.338 e. The molecule has 0 amide bonds. The van der Waals surface area contributed by atoms with Gasteiger partial charge < -0.3 is 4.74 Å². The zero-order valence-electron chi connectivity index (χ0n) is 7.24. The third-order valence-corrected chi connectivity index (χ3v) is 1.69. The highest BCUT2D eigenvalue weighted by molar-refractivity contribution is 5.96. The van der Waals surface area contributed by atoms with Crippen molar-refractivity contribution in [1.29, 1.82) is 0 Å². The van der Waals surface area contributed by atoms with Crippen LogP contribution >= 0.6 is 0 Å². The van der Waals surface area contributed by atoms with Gasteiger partial charge in [-0.2, -0.15) is 0 Å². The van der Waals surface area contributed by atoms with Gasteiger partial charge in [0.15, 0.2) is 0 Å². The topological polar surface area (TPSA) is 43.4 Å². The summed E-state index contributed by atoms with van der Waals surface area (Å²) >= 11 is 0. The van der Waals surface area contributed by atoms with Gasteiger partial charge in [0.25, 0.3) is 0 Å². The lowest BCUT2D eigenvalue weighted by Crippen LogP contribution is -2.24. The molecule has 0 N–H and O–H groups in total. The second kappa shape index (κ2) is 3.52. The fourth-order valence-electron chi connectivity index (χ4n) is 1.16. The summed E-state index contributed by atoms with van der Waals surface area (Å²) in [6, 6.07) is 0. The van der Waals surface area contributed by atoms with Crippen LogP contribution in [0.1, 0.15) is 20.3 Å². The molecule has 1 unspecified atom stereocenters. The molecule has 3 heteroatoms. The molecule has 66 valence electrons. The van der Waals surface area contributed by atoms with Crippen LogP contribution in [0.15, 0.2) is 12.2 Å². The molecular weight excluding hydrogens is 156 g/mol. The Morgan fingerprint density at radius 2 is 2.17 bits per heavy atom. The lowest BCUT2D eigenvalue weighted by atomic mass is 9.96. The van der Waals surface area contributed by atoms with E-state index in [2.05, 4.69) is 4.74 Å². The van der Waals surface area contributed by atoms with Gasteiger partial charge in [0.1, 0.15) is 0 Å². The first-order valence-electron chi connectivity index (χ1n) is 4.03. The number of ether oxygens (including phenoxy) is 1. The Kier molecular flexibility index (Phi) is 2.63. The van der Waals surface area contributed by atoms with E-state index in [4.69, 9.17) is 0 Å². The average Bonchev–Trinajstić information content (AvgIpc) is 1.94. The number of hydrogen-bond donors (Lipinski definition) is 0. The first-order chi connectivity index (χ1) is 5.59. The Bertz CT molecular complexity index is 228. The van der Waals surface area contributed by atoms with Gasteiger partial charge in [-0.15, -0.1) is 0 Å². The highest BCUT2D eigenvalue weighted by Crippen LogP contribution is 2.17. The van der Waals surface area contributed by atoms with Gasteiger partial charge in [0.2, 0.25) is 0 Å². The minimum absolute atomic E-state index is 0.234. The van der Waals surface area contributed by atoms with Gasteiger partial charge >= 0.3 is 11.9 Å². The summed E-state index contributed by atoms with van der Waals surface area (Å²) in [5, 5.41) is 0. The van der Waals surface area contributed by atoms with Crippen molar-refractivity contribution in [3.63, 3.8) is 0 Å². The molecule has 1 aliphatic rings. The van der Waals surface area contributed by atoms with Crippen LogP contribution < -0.4 is 0 Å². The molecule has 12 heavy (non-hydrogen) atoms. The fraction of sp³-hybridized carbons (Fsp3) is 0.556. The molecule has 3 nitrogen and oxygen atoms in total. The predicted octanol–water partition coefficient (Wildman–Crippen LogP) is 1.29. The van der Waals surface area contributed by atoms with Crippen molar-refractivity contribution in [2.75, 3.05) is 0 Å². The van der Waals surface area contributed by atoms with Gasteiger partial charge in [0, 0.05) is 6.08 Å². The molecule has 0 bridgehead atoms. The second-order valence-corrected chi connectivity index (χ2v) is 3.34. The Hall–Kier alpha value is -1.12. The normalized spacial score (nSPS) is 23.1. The second-order valence-electron chi connectivity index (χ2n) is 3.34. The third kappa shape index (κ3) is 2.19. The summed E-state index contributed by atoms with van der Waals surface area (Å²) in [6.07, 6.45) is 3.67. The van der Waals surface area contributed by atoms with Gasteiger partial charge in [-0.3, -0.25) is 4.79 Å². The molecule has 1 heterocycles. The molecule has 0 fully saturated rings. The molecule has 0 saturated heterocycles. The molecular formula is C9H12O3. The molecule has 0 spiro atoms. The van der Waals surface area contributed by atoms with Crippen molar-refractivity contribution >= 4 is 11.9 Å². The Morgan fingerprint density at radius 3 is 2.67 bits per heavy atom. The maximum atomic E-state index is 11.0. The molecule has 0 aromatic heterocycles. The van der Waals surface area contributed by atoms with Crippen LogP contribution in [-0.2, 0) is 14.3 Å². The van der Waals surface area contributed by atoms with E-state index < -0.39 is 11.9 Å². The molecule has 1 rings (SSSR count). The number of esters is 2. The van der Waals surface area contributed by atoms with E-state index >= 15 is 0 Å². The van der Waals surface area contributed by atoms with Gasteiger partial charge in [-0.25, -0.2) is 4.79 Å². The quantitative estimate of drug-likeness (QED) is 0.461. The van der Waals surface area contributed by atoms with Crippen molar-refractivity contribution in [3.8, 4) is 0 Å². The number of carbonyl (C=O) groups is 2. The maximum absolute atomic E-state index is 11.0. The van der Waals surface area contributed by atoms with E-state index in [1.54, 1.807) is 6.08 Å². The third-order valence-electron chi connectivity index (χ3n) is 1.69. The SMILES string of the molecule is CC(C)CC1C=CC(=O)OC1=O. The monoisotopic (exact) mass is 168 g/mol. The number of hydrogen-bond acceptors (Lipinski definition) is 3. The van der Waals surface area contributed by atoms with E-state index in [1.165, 1.54) is 6.08 Å². The van der Waals surface area contributed by atoms with Crippen molar-refractivity contribution in [1.82, 2.24) is 0 Å². The summed E-state index contributed by atoms with van der Waals surface area (Å²) in [6.45, 7) is 4.05. The summed E-state index contributed by atoms with van der Waals surface area (Å²) in [7, 11) is 0. The lowest BCUT2D eigenvalue weighted by Gasteiger charge is -2.15. The van der Waals surface area contributed by atoms with Crippen LogP contribution in [0.4, 0.5) is 0 Å². The van der Waals surface area contributed by atoms with E-state index in [-0.39, 0.29) is 5.92 Å². The van der Waals surface area contributed by atoms with E-state index in [1.807, 2.05) is 13.8 Å². The average molecular weight is 168 g/mol. The first-order valence-corrected chi connectivity index (χ1v) is 4.03. The Labute approximate surface area is 71.4 Å². The Balaban J connectivity index is 2.60. The lowest BCUT2D eigenvalue weighted by molar-refractivity contribution is -0.159. The Morgan fingerprint density at radius 1 is 1.50 bits per heavy atom. The van der Waals surface area contributed by atoms with Crippen molar-refractivity contribution in [3.05, 3.63) is 12.2 Å². The van der Waals surface area contributed by atoms with Crippen LogP contribution in [0, 0.1) is 11.8 Å². The van der Waals surface area contributed by atoms with Gasteiger partial charge in [0.05, 0.1) is 5.92 Å². The van der Waals surface area contributed by atoms with Gasteiger partial charge in [-0.1, -0.05) is 19.9 Å². The summed E-state index contributed by atoms with van der Waals surface area (Å²) in [5.41, 5.74) is 0. The van der Waals surface area contributed by atoms with Gasteiger partial charge in [-0.05, 0) is 12.3 Å². The van der Waals surface area contributed by atoms with Crippen LogP contribution in [0.3, 0.4) is 0 Å². The molecule has 0 saturated carbocycles. The molecule has 0 aromatic rings. The van der Waals surface area contributed by atoms with Crippen LogP contribution in [0.2, 0.25) is 0 Å². The largest absolute Gasteiger partial charge is 0.389 e. The fourth-order valence-corrected chi connectivity index (χ4v) is 1.16. The highest BCUT2D eigenvalue weighted by atomic mass is 16.6. The zero-order chi connectivity index (χ0) is 9.14. The maximum Gasteiger partial charge on any atom is 0.338 e. The summed E-state index contributed by atoms with van der Waals surface area (Å²) in [5.74, 6) is -0.778. The van der Waals surface area contributed by atoms with E-state index in [9.17, 15) is 9.59 Å². The minimum atomic E-state index is -0.556. The van der Waals surface area contributed by atoms with Crippen molar-refractivity contribution in [2.45, 2.75) is 20.3 Å². The molecule has 0 aliphatic carbocycles. The number of rotatable bonds is 2. The van der Waals surface area contributed by atoms with E-state index in [0.717, 1.165) is 6.42 Å². The highest BCUT2D eigenvalue weighted by Gasteiger charge is 2.24.